The average molecular weight is 452 g/mol. The summed E-state index contributed by atoms with van der Waals surface area (Å²) in [6.07, 6.45) is 12.0. The number of hydrogen-bond acceptors (Lipinski definition) is 4. The van der Waals surface area contributed by atoms with Crippen molar-refractivity contribution in [2.45, 2.75) is 19.4 Å². The lowest BCUT2D eigenvalue weighted by atomic mass is 10.1. The van der Waals surface area contributed by atoms with Gasteiger partial charge in [-0.05, 0) is 60.5 Å². The molecule has 0 aliphatic carbocycles. The van der Waals surface area contributed by atoms with E-state index in [4.69, 9.17) is 4.74 Å². The van der Waals surface area contributed by atoms with Crippen molar-refractivity contribution < 1.29 is 9.30 Å². The molecule has 0 N–H and O–H groups in total. The van der Waals surface area contributed by atoms with E-state index in [9.17, 15) is 0 Å². The van der Waals surface area contributed by atoms with E-state index in [1.165, 1.54) is 16.9 Å². The highest BCUT2D eigenvalue weighted by atomic mass is 16.5. The fourth-order valence-electron chi connectivity index (χ4n) is 3.62. The summed E-state index contributed by atoms with van der Waals surface area (Å²) in [6.45, 7) is 1.61. The van der Waals surface area contributed by atoms with Crippen LogP contribution in [0.15, 0.2) is 91.4 Å². The van der Waals surface area contributed by atoms with Crippen molar-refractivity contribution in [3.05, 3.63) is 103 Å². The number of aryl methyl sites for hydroxylation is 1. The zero-order valence-electron chi connectivity index (χ0n) is 19.8. The van der Waals surface area contributed by atoms with Gasteiger partial charge in [0.1, 0.15) is 12.3 Å². The molecule has 0 atom stereocenters. The lowest BCUT2D eigenvalue weighted by molar-refractivity contribution is -0.699. The van der Waals surface area contributed by atoms with Gasteiger partial charge in [-0.1, -0.05) is 18.2 Å². The summed E-state index contributed by atoms with van der Waals surface area (Å²) in [7, 11) is 4.11. The van der Waals surface area contributed by atoms with Crippen LogP contribution in [0, 0.1) is 0 Å². The highest BCUT2D eigenvalue weighted by molar-refractivity contribution is 5.68. The molecule has 0 bridgehead atoms. The molecule has 0 fully saturated rings. The van der Waals surface area contributed by atoms with E-state index in [2.05, 4.69) is 94.3 Å². The van der Waals surface area contributed by atoms with Gasteiger partial charge in [0.25, 0.3) is 0 Å². The standard InChI is InChI=1S/C29H31N4O/c1-32(2)25-14-11-24(12-15-25)13-16-26-9-4-6-20-33(26)21-7-8-22-34-27-17-18-29(31-23-27)28-10-3-5-19-30-28/h3-6,9-20,23H,7-8,21-22H2,1-2H3/q+1. The van der Waals surface area contributed by atoms with Crippen LogP contribution in [0.4, 0.5) is 5.69 Å². The second kappa shape index (κ2) is 11.8. The topological polar surface area (TPSA) is 42.1 Å². The van der Waals surface area contributed by atoms with Crippen LogP contribution in [0.25, 0.3) is 23.5 Å². The number of anilines is 1. The molecule has 172 valence electrons. The molecule has 34 heavy (non-hydrogen) atoms. The minimum absolute atomic E-state index is 0.668. The lowest BCUT2D eigenvalue weighted by Gasteiger charge is -2.11. The van der Waals surface area contributed by atoms with Gasteiger partial charge < -0.3 is 9.64 Å². The molecule has 0 saturated carbocycles. The SMILES string of the molecule is CN(C)c1ccc(/C=C/c2cccc[n+]2CCCCOc2ccc(-c3ccccn3)nc2)cc1. The fraction of sp³-hybridized carbons (Fsp3) is 0.207. The summed E-state index contributed by atoms with van der Waals surface area (Å²) in [6, 6.07) is 24.6. The summed E-state index contributed by atoms with van der Waals surface area (Å²) in [5.74, 6) is 0.788. The monoisotopic (exact) mass is 451 g/mol. The highest BCUT2D eigenvalue weighted by Gasteiger charge is 2.07. The van der Waals surface area contributed by atoms with Crippen molar-refractivity contribution in [3.8, 4) is 17.1 Å². The van der Waals surface area contributed by atoms with Gasteiger partial charge in [-0.15, -0.1) is 0 Å². The number of ether oxygens (including phenoxy) is 1. The normalized spacial score (nSPS) is 11.0. The molecule has 0 aliphatic rings. The maximum absolute atomic E-state index is 5.89. The first-order valence-corrected chi connectivity index (χ1v) is 11.6. The van der Waals surface area contributed by atoms with Crippen LogP contribution in [-0.4, -0.2) is 30.7 Å². The Morgan fingerprint density at radius 2 is 1.65 bits per heavy atom. The van der Waals surface area contributed by atoms with E-state index < -0.39 is 0 Å². The molecule has 0 unspecified atom stereocenters. The molecule has 1 aromatic carbocycles. The Labute approximate surface area is 202 Å². The molecular formula is C29H31N4O+. The maximum atomic E-state index is 5.89. The van der Waals surface area contributed by atoms with Crippen LogP contribution in [0.2, 0.25) is 0 Å². The molecular weight excluding hydrogens is 420 g/mol. The van der Waals surface area contributed by atoms with Crippen molar-refractivity contribution >= 4 is 17.8 Å². The van der Waals surface area contributed by atoms with Crippen LogP contribution >= 0.6 is 0 Å². The molecule has 5 nitrogen and oxygen atoms in total. The van der Waals surface area contributed by atoms with Crippen LogP contribution in [0.3, 0.4) is 0 Å². The van der Waals surface area contributed by atoms with Gasteiger partial charge in [0, 0.05) is 50.6 Å². The van der Waals surface area contributed by atoms with E-state index in [1.807, 2.05) is 30.3 Å². The zero-order valence-corrected chi connectivity index (χ0v) is 19.8. The molecule has 0 amide bonds. The van der Waals surface area contributed by atoms with Gasteiger partial charge in [-0.25, -0.2) is 0 Å². The Morgan fingerprint density at radius 3 is 2.38 bits per heavy atom. The molecule has 5 heteroatoms. The van der Waals surface area contributed by atoms with Crippen molar-refractivity contribution in [1.82, 2.24) is 9.97 Å². The summed E-state index contributed by atoms with van der Waals surface area (Å²) in [4.78, 5) is 10.9. The Bertz CT molecular complexity index is 1190. The summed E-state index contributed by atoms with van der Waals surface area (Å²) in [5, 5.41) is 0. The Morgan fingerprint density at radius 1 is 0.824 bits per heavy atom. The number of pyridine rings is 3. The zero-order chi connectivity index (χ0) is 23.6. The van der Waals surface area contributed by atoms with Crippen molar-refractivity contribution in [2.75, 3.05) is 25.6 Å². The number of benzene rings is 1. The third-order valence-corrected chi connectivity index (χ3v) is 5.56. The van der Waals surface area contributed by atoms with Crippen molar-refractivity contribution in [3.63, 3.8) is 0 Å². The third kappa shape index (κ3) is 6.51. The van der Waals surface area contributed by atoms with Gasteiger partial charge in [-0.3, -0.25) is 9.97 Å². The molecule has 3 heterocycles. The van der Waals surface area contributed by atoms with Crippen molar-refractivity contribution in [2.24, 2.45) is 0 Å². The van der Waals surface area contributed by atoms with E-state index in [1.54, 1.807) is 12.4 Å². The molecule has 3 aromatic heterocycles. The summed E-state index contributed by atoms with van der Waals surface area (Å²) in [5.41, 5.74) is 5.30. The minimum atomic E-state index is 0.668. The molecule has 4 aromatic rings. The number of rotatable bonds is 10. The van der Waals surface area contributed by atoms with Gasteiger partial charge in [0.2, 0.25) is 5.69 Å². The van der Waals surface area contributed by atoms with Gasteiger partial charge >= 0.3 is 0 Å². The summed E-state index contributed by atoms with van der Waals surface area (Å²) < 4.78 is 8.17. The first kappa shape index (κ1) is 23.2. The third-order valence-electron chi connectivity index (χ3n) is 5.56. The smallest absolute Gasteiger partial charge is 0.205 e. The van der Waals surface area contributed by atoms with Gasteiger partial charge in [0.15, 0.2) is 6.20 Å². The van der Waals surface area contributed by atoms with E-state index in [-0.39, 0.29) is 0 Å². The second-order valence-corrected chi connectivity index (χ2v) is 8.29. The van der Waals surface area contributed by atoms with Gasteiger partial charge in [0.05, 0.1) is 24.2 Å². The molecule has 0 saturated heterocycles. The van der Waals surface area contributed by atoms with E-state index in [0.717, 1.165) is 36.5 Å². The summed E-state index contributed by atoms with van der Waals surface area (Å²) >= 11 is 0. The predicted molar refractivity (Wildman–Crippen MR) is 139 cm³/mol. The van der Waals surface area contributed by atoms with Crippen molar-refractivity contribution in [1.29, 1.82) is 0 Å². The highest BCUT2D eigenvalue weighted by Crippen LogP contribution is 2.17. The van der Waals surface area contributed by atoms with Crippen LogP contribution in [0.1, 0.15) is 24.1 Å². The molecule has 0 spiro atoms. The number of aromatic nitrogens is 3. The van der Waals surface area contributed by atoms with E-state index in [0.29, 0.717) is 6.61 Å². The largest absolute Gasteiger partial charge is 0.492 e. The second-order valence-electron chi connectivity index (χ2n) is 8.29. The average Bonchev–Trinajstić information content (AvgIpc) is 2.89. The van der Waals surface area contributed by atoms with Crippen LogP contribution in [-0.2, 0) is 6.54 Å². The van der Waals surface area contributed by atoms with E-state index >= 15 is 0 Å². The van der Waals surface area contributed by atoms with Crippen LogP contribution in [0.5, 0.6) is 5.75 Å². The first-order chi connectivity index (χ1) is 16.7. The Balaban J connectivity index is 1.25. The number of nitrogens with zero attached hydrogens (tertiary/aromatic N) is 4. The predicted octanol–water partition coefficient (Wildman–Crippen LogP) is 5.53. The minimum Gasteiger partial charge on any atom is -0.492 e. The first-order valence-electron chi connectivity index (χ1n) is 11.6. The molecule has 0 aliphatic heterocycles. The Kier molecular flexibility index (Phi) is 8.01. The molecule has 0 radical (unpaired) electrons. The fourth-order valence-corrected chi connectivity index (χ4v) is 3.62. The quantitative estimate of drug-likeness (QED) is 0.235. The van der Waals surface area contributed by atoms with Crippen LogP contribution < -0.4 is 14.2 Å². The maximum Gasteiger partial charge on any atom is 0.205 e. The number of unbranched alkanes of at least 4 members (excludes halogenated alkanes) is 1. The number of hydrogen-bond donors (Lipinski definition) is 0. The lowest BCUT2D eigenvalue weighted by Crippen LogP contribution is -2.36. The Hall–Kier alpha value is -3.99. The van der Waals surface area contributed by atoms with Gasteiger partial charge in [-0.2, -0.15) is 4.57 Å². The molecule has 4 rings (SSSR count).